The molecule has 0 bridgehead atoms. The van der Waals surface area contributed by atoms with Crippen LogP contribution in [0.3, 0.4) is 0 Å². The van der Waals surface area contributed by atoms with Crippen LogP contribution in [0.15, 0.2) is 52.9 Å². The number of benzene rings is 2. The van der Waals surface area contributed by atoms with Crippen molar-refractivity contribution in [2.45, 2.75) is 25.7 Å². The average molecular weight is 505 g/mol. The van der Waals surface area contributed by atoms with Gasteiger partial charge in [0.2, 0.25) is 5.89 Å². The highest BCUT2D eigenvalue weighted by Gasteiger charge is 2.33. The fraction of sp³-hybridized carbons (Fsp3) is 0.208. The molecule has 0 fully saturated rings. The van der Waals surface area contributed by atoms with Gasteiger partial charge in [-0.15, -0.1) is 0 Å². The molecule has 0 unspecified atom stereocenters. The molecule has 4 aromatic rings. The van der Waals surface area contributed by atoms with Crippen molar-refractivity contribution in [3.63, 3.8) is 0 Å². The molecular formula is C24H20ClF3N4O3. The molecule has 0 saturated carbocycles. The average Bonchev–Trinajstić information content (AvgIpc) is 3.27. The molecular weight excluding hydrogens is 485 g/mol. The Bertz CT molecular complexity index is 1390. The van der Waals surface area contributed by atoms with Crippen molar-refractivity contribution in [2.75, 3.05) is 7.11 Å². The Hall–Kier alpha value is -3.63. The van der Waals surface area contributed by atoms with Crippen LogP contribution in [0.2, 0.25) is 5.02 Å². The van der Waals surface area contributed by atoms with Gasteiger partial charge >= 0.3 is 6.18 Å². The number of nitrogens with one attached hydrogen (secondary N) is 1. The lowest BCUT2D eigenvalue weighted by Gasteiger charge is -2.11. The Kier molecular flexibility index (Phi) is 6.68. The van der Waals surface area contributed by atoms with E-state index in [0.29, 0.717) is 16.0 Å². The number of methoxy groups -OCH3 is 1. The lowest BCUT2D eigenvalue weighted by Crippen LogP contribution is -2.25. The van der Waals surface area contributed by atoms with Crippen molar-refractivity contribution < 1.29 is 27.1 Å². The van der Waals surface area contributed by atoms with Gasteiger partial charge in [0.05, 0.1) is 13.2 Å². The first-order chi connectivity index (χ1) is 16.6. The minimum Gasteiger partial charge on any atom is -0.494 e. The molecule has 2 aromatic heterocycles. The van der Waals surface area contributed by atoms with E-state index in [1.807, 2.05) is 0 Å². The molecule has 4 rings (SSSR count). The van der Waals surface area contributed by atoms with Crippen LogP contribution in [0, 0.1) is 0 Å². The topological polar surface area (TPSA) is 103 Å². The number of hydrogen-bond acceptors (Lipinski definition) is 6. The molecule has 0 spiro atoms. The van der Waals surface area contributed by atoms with Crippen LogP contribution in [0.25, 0.3) is 22.4 Å². The fourth-order valence-corrected chi connectivity index (χ4v) is 3.61. The zero-order chi connectivity index (χ0) is 25.3. The number of aromatic nitrogens is 2. The van der Waals surface area contributed by atoms with Crippen LogP contribution in [-0.2, 0) is 12.7 Å². The Balaban J connectivity index is 1.73. The van der Waals surface area contributed by atoms with Gasteiger partial charge < -0.3 is 20.2 Å². The number of hydrogen-bond donors (Lipinski definition) is 2. The van der Waals surface area contributed by atoms with Gasteiger partial charge in [-0.3, -0.25) is 4.79 Å². The van der Waals surface area contributed by atoms with Crippen molar-refractivity contribution in [2.24, 2.45) is 5.73 Å². The number of alkyl halides is 3. The maximum atomic E-state index is 13.2. The maximum Gasteiger partial charge on any atom is 0.433 e. The summed E-state index contributed by atoms with van der Waals surface area (Å²) in [7, 11) is 1.33. The molecule has 0 radical (unpaired) electrons. The molecule has 2 aromatic carbocycles. The number of halogens is 4. The third kappa shape index (κ3) is 5.08. The highest BCUT2D eigenvalue weighted by Crippen LogP contribution is 2.37. The van der Waals surface area contributed by atoms with E-state index in [-0.39, 0.29) is 35.2 Å². The second-order valence-corrected chi connectivity index (χ2v) is 8.17. The standard InChI is InChI=1S/C24H20ClF3N4O3/c1-12(29)21-20(22(33)30-11-13-3-5-14(25)6-4-13)32-23(35-21)16-7-9-17(34-2)19-15(16)8-10-18(31-19)24(26,27)28/h3-10,12H,11,29H2,1-2H3,(H,30,33)/t12-/m0/s1. The van der Waals surface area contributed by atoms with Crippen molar-refractivity contribution in [3.8, 4) is 17.2 Å². The van der Waals surface area contributed by atoms with Gasteiger partial charge in [0.25, 0.3) is 5.91 Å². The summed E-state index contributed by atoms with van der Waals surface area (Å²) >= 11 is 5.89. The van der Waals surface area contributed by atoms with E-state index in [2.05, 4.69) is 15.3 Å². The predicted molar refractivity (Wildman–Crippen MR) is 124 cm³/mol. The zero-order valence-electron chi connectivity index (χ0n) is 18.6. The predicted octanol–water partition coefficient (Wildman–Crippen LogP) is 5.52. The Morgan fingerprint density at radius 2 is 1.86 bits per heavy atom. The molecule has 0 aliphatic carbocycles. The van der Waals surface area contributed by atoms with Gasteiger partial charge in [0.15, 0.2) is 11.5 Å². The van der Waals surface area contributed by atoms with E-state index >= 15 is 0 Å². The SMILES string of the molecule is COc1ccc(-c2nc(C(=O)NCc3ccc(Cl)cc3)c([C@H](C)N)o2)c2ccc(C(F)(F)F)nc12. The molecule has 1 amide bonds. The van der Waals surface area contributed by atoms with Gasteiger partial charge in [0.1, 0.15) is 17.0 Å². The van der Waals surface area contributed by atoms with E-state index in [1.54, 1.807) is 37.3 Å². The van der Waals surface area contributed by atoms with Crippen molar-refractivity contribution in [1.29, 1.82) is 0 Å². The third-order valence-electron chi connectivity index (χ3n) is 5.21. The third-order valence-corrected chi connectivity index (χ3v) is 5.46. The van der Waals surface area contributed by atoms with Crippen molar-refractivity contribution in [3.05, 3.63) is 76.3 Å². The lowest BCUT2D eigenvalue weighted by atomic mass is 10.1. The highest BCUT2D eigenvalue weighted by atomic mass is 35.5. The molecule has 0 aliphatic rings. The number of ether oxygens (including phenoxy) is 1. The molecule has 35 heavy (non-hydrogen) atoms. The van der Waals surface area contributed by atoms with Crippen LogP contribution in [0.5, 0.6) is 5.75 Å². The van der Waals surface area contributed by atoms with E-state index in [4.69, 9.17) is 26.5 Å². The number of rotatable bonds is 6. The Labute approximate surface area is 203 Å². The number of amides is 1. The number of nitrogens with two attached hydrogens (primary N) is 1. The lowest BCUT2D eigenvalue weighted by molar-refractivity contribution is -0.140. The molecule has 0 saturated heterocycles. The van der Waals surface area contributed by atoms with Gasteiger partial charge in [-0.05, 0) is 48.9 Å². The summed E-state index contributed by atoms with van der Waals surface area (Å²) in [6, 6.07) is 11.4. The minimum atomic E-state index is -4.63. The van der Waals surface area contributed by atoms with Crippen LogP contribution < -0.4 is 15.8 Å². The molecule has 182 valence electrons. The van der Waals surface area contributed by atoms with E-state index < -0.39 is 23.8 Å². The van der Waals surface area contributed by atoms with Crippen LogP contribution >= 0.6 is 11.6 Å². The molecule has 1 atom stereocenters. The van der Waals surface area contributed by atoms with Crippen LogP contribution in [0.1, 0.15) is 40.5 Å². The second-order valence-electron chi connectivity index (χ2n) is 7.74. The number of nitrogens with zero attached hydrogens (tertiary/aromatic N) is 2. The first kappa shape index (κ1) is 24.5. The zero-order valence-corrected chi connectivity index (χ0v) is 19.4. The molecule has 3 N–H and O–H groups in total. The first-order valence-electron chi connectivity index (χ1n) is 10.4. The monoisotopic (exact) mass is 504 g/mol. The maximum absolute atomic E-state index is 13.2. The van der Waals surface area contributed by atoms with Crippen LogP contribution in [-0.4, -0.2) is 23.0 Å². The normalized spacial score (nSPS) is 12.5. The van der Waals surface area contributed by atoms with E-state index in [0.717, 1.165) is 11.6 Å². The summed E-state index contributed by atoms with van der Waals surface area (Å²) in [5, 5.41) is 3.64. The molecule has 11 heteroatoms. The van der Waals surface area contributed by atoms with E-state index in [9.17, 15) is 18.0 Å². The summed E-state index contributed by atoms with van der Waals surface area (Å²) in [4.78, 5) is 21.0. The summed E-state index contributed by atoms with van der Waals surface area (Å²) in [5.74, 6) is -0.215. The summed E-state index contributed by atoms with van der Waals surface area (Å²) < 4.78 is 50.7. The Morgan fingerprint density at radius 3 is 2.49 bits per heavy atom. The number of fused-ring (bicyclic) bond motifs is 1. The highest BCUT2D eigenvalue weighted by molar-refractivity contribution is 6.30. The molecule has 2 heterocycles. The number of carbonyl (C=O) groups excluding carboxylic acids is 1. The van der Waals surface area contributed by atoms with E-state index in [1.165, 1.54) is 19.2 Å². The van der Waals surface area contributed by atoms with Gasteiger partial charge in [0, 0.05) is 22.5 Å². The van der Waals surface area contributed by atoms with Gasteiger partial charge in [-0.1, -0.05) is 23.7 Å². The van der Waals surface area contributed by atoms with Crippen molar-refractivity contribution >= 4 is 28.4 Å². The van der Waals surface area contributed by atoms with Crippen LogP contribution in [0.4, 0.5) is 13.2 Å². The number of pyridine rings is 1. The second kappa shape index (κ2) is 9.55. The largest absolute Gasteiger partial charge is 0.494 e. The molecule has 0 aliphatic heterocycles. The number of oxazole rings is 1. The fourth-order valence-electron chi connectivity index (χ4n) is 3.49. The minimum absolute atomic E-state index is 0.0168. The van der Waals surface area contributed by atoms with Crippen molar-refractivity contribution in [1.82, 2.24) is 15.3 Å². The molecule has 7 nitrogen and oxygen atoms in total. The number of carbonyl (C=O) groups is 1. The Morgan fingerprint density at radius 1 is 1.14 bits per heavy atom. The first-order valence-corrected chi connectivity index (χ1v) is 10.8. The smallest absolute Gasteiger partial charge is 0.433 e. The summed E-state index contributed by atoms with van der Waals surface area (Å²) in [6.45, 7) is 1.84. The van der Waals surface area contributed by atoms with Gasteiger partial charge in [-0.25, -0.2) is 9.97 Å². The summed E-state index contributed by atoms with van der Waals surface area (Å²) in [5.41, 5.74) is 6.06. The summed E-state index contributed by atoms with van der Waals surface area (Å²) in [6.07, 6.45) is -4.63. The quantitative estimate of drug-likeness (QED) is 0.358. The van der Waals surface area contributed by atoms with Gasteiger partial charge in [-0.2, -0.15) is 13.2 Å².